The molecule has 0 spiro atoms. The van der Waals surface area contributed by atoms with Crippen LogP contribution in [-0.2, 0) is 16.1 Å². The van der Waals surface area contributed by atoms with Crippen LogP contribution in [0.4, 0.5) is 0 Å². The number of ether oxygens (including phenoxy) is 2. The lowest BCUT2D eigenvalue weighted by Crippen LogP contribution is -2.32. The molecule has 0 bridgehead atoms. The summed E-state index contributed by atoms with van der Waals surface area (Å²) in [5.74, 6) is 0. The predicted molar refractivity (Wildman–Crippen MR) is 74.3 cm³/mol. The number of halogens is 2. The number of hydrogen-bond acceptors (Lipinski definition) is 2. The molecule has 2 nitrogen and oxygen atoms in total. The lowest BCUT2D eigenvalue weighted by molar-refractivity contribution is -0.0698. The van der Waals surface area contributed by atoms with Crippen LogP contribution < -0.4 is 0 Å². The first-order valence-corrected chi connectivity index (χ1v) is 7.07. The van der Waals surface area contributed by atoms with Crippen LogP contribution in [0.3, 0.4) is 0 Å². The number of hydrogen-bond donors (Lipinski definition) is 0. The van der Waals surface area contributed by atoms with Gasteiger partial charge in [-0.25, -0.2) is 0 Å². The van der Waals surface area contributed by atoms with Gasteiger partial charge in [-0.15, -0.1) is 0 Å². The molecule has 1 saturated heterocycles. The molecule has 1 fully saturated rings. The molecule has 18 heavy (non-hydrogen) atoms. The van der Waals surface area contributed by atoms with E-state index in [2.05, 4.69) is 6.92 Å². The highest BCUT2D eigenvalue weighted by Crippen LogP contribution is 2.30. The summed E-state index contributed by atoms with van der Waals surface area (Å²) >= 11 is 12.2. The van der Waals surface area contributed by atoms with Crippen molar-refractivity contribution in [3.63, 3.8) is 0 Å². The predicted octanol–water partition coefficient (Wildman–Crippen LogP) is 4.47. The van der Waals surface area contributed by atoms with Gasteiger partial charge in [-0.05, 0) is 31.4 Å². The molecule has 1 heterocycles. The maximum absolute atomic E-state index is 6.10. The molecule has 0 aromatic heterocycles. The molecular weight excluding hydrogens is 271 g/mol. The van der Waals surface area contributed by atoms with Crippen molar-refractivity contribution in [3.8, 4) is 0 Å². The largest absolute Gasteiger partial charge is 0.374 e. The smallest absolute Gasteiger partial charge is 0.0913 e. The minimum atomic E-state index is -0.103. The summed E-state index contributed by atoms with van der Waals surface area (Å²) in [7, 11) is 0. The molecule has 1 aromatic rings. The van der Waals surface area contributed by atoms with Crippen LogP contribution in [0.15, 0.2) is 18.2 Å². The second-order valence-corrected chi connectivity index (χ2v) is 5.50. The molecule has 4 heteroatoms. The molecule has 100 valence electrons. The van der Waals surface area contributed by atoms with Crippen LogP contribution in [0.2, 0.25) is 10.0 Å². The first kappa shape index (κ1) is 14.1. The van der Waals surface area contributed by atoms with Crippen molar-refractivity contribution in [1.29, 1.82) is 0 Å². The Balaban J connectivity index is 1.92. The van der Waals surface area contributed by atoms with Crippen LogP contribution in [-0.4, -0.2) is 18.8 Å². The second kappa shape index (κ2) is 6.25. The Hall–Kier alpha value is -0.280. The third kappa shape index (κ3) is 3.18. The molecule has 1 aliphatic heterocycles. The fraction of sp³-hybridized carbons (Fsp3) is 0.571. The van der Waals surface area contributed by atoms with Crippen molar-refractivity contribution in [3.05, 3.63) is 33.8 Å². The van der Waals surface area contributed by atoms with E-state index in [4.69, 9.17) is 32.7 Å². The van der Waals surface area contributed by atoms with Crippen molar-refractivity contribution >= 4 is 23.2 Å². The molecular formula is C14H18Cl2O2. The zero-order valence-electron chi connectivity index (χ0n) is 10.5. The van der Waals surface area contributed by atoms with E-state index in [-0.39, 0.29) is 5.60 Å². The van der Waals surface area contributed by atoms with Gasteiger partial charge in [-0.2, -0.15) is 0 Å². The SMILES string of the molecule is CCC1(COCc2c(Cl)cccc2Cl)CCCO1. The molecule has 1 aliphatic rings. The van der Waals surface area contributed by atoms with E-state index in [0.717, 1.165) is 31.4 Å². The quantitative estimate of drug-likeness (QED) is 0.796. The van der Waals surface area contributed by atoms with Gasteiger partial charge in [0.25, 0.3) is 0 Å². The molecule has 0 saturated carbocycles. The van der Waals surface area contributed by atoms with Gasteiger partial charge in [-0.3, -0.25) is 0 Å². The van der Waals surface area contributed by atoms with Gasteiger partial charge in [0, 0.05) is 22.2 Å². The Morgan fingerprint density at radius 2 is 2.06 bits per heavy atom. The van der Waals surface area contributed by atoms with E-state index in [1.54, 1.807) is 0 Å². The molecule has 1 unspecified atom stereocenters. The van der Waals surface area contributed by atoms with Crippen molar-refractivity contribution < 1.29 is 9.47 Å². The summed E-state index contributed by atoms with van der Waals surface area (Å²) in [5.41, 5.74) is 0.748. The minimum Gasteiger partial charge on any atom is -0.374 e. The Labute approximate surface area is 118 Å². The van der Waals surface area contributed by atoms with E-state index in [9.17, 15) is 0 Å². The maximum atomic E-state index is 6.10. The molecule has 1 atom stereocenters. The van der Waals surface area contributed by atoms with Crippen molar-refractivity contribution in [1.82, 2.24) is 0 Å². The Kier molecular flexibility index (Phi) is 4.91. The first-order valence-electron chi connectivity index (χ1n) is 6.31. The zero-order valence-corrected chi connectivity index (χ0v) is 12.1. The zero-order chi connectivity index (χ0) is 13.0. The van der Waals surface area contributed by atoms with Crippen LogP contribution in [0.1, 0.15) is 31.7 Å². The third-order valence-corrected chi connectivity index (χ3v) is 4.21. The summed E-state index contributed by atoms with van der Waals surface area (Å²) in [6, 6.07) is 5.49. The lowest BCUT2D eigenvalue weighted by Gasteiger charge is -2.26. The molecule has 0 radical (unpaired) electrons. The van der Waals surface area contributed by atoms with Gasteiger partial charge in [0.1, 0.15) is 0 Å². The molecule has 2 rings (SSSR count). The normalized spacial score (nSPS) is 23.5. The highest BCUT2D eigenvalue weighted by molar-refractivity contribution is 6.35. The van der Waals surface area contributed by atoms with Crippen LogP contribution >= 0.6 is 23.2 Å². The molecule has 1 aromatic carbocycles. The number of rotatable bonds is 5. The van der Waals surface area contributed by atoms with Crippen LogP contribution in [0, 0.1) is 0 Å². The Morgan fingerprint density at radius 1 is 1.33 bits per heavy atom. The fourth-order valence-corrected chi connectivity index (χ4v) is 2.77. The lowest BCUT2D eigenvalue weighted by atomic mass is 9.98. The average Bonchev–Trinajstić information content (AvgIpc) is 2.82. The third-order valence-electron chi connectivity index (χ3n) is 3.50. The Morgan fingerprint density at radius 3 is 2.61 bits per heavy atom. The van der Waals surface area contributed by atoms with E-state index >= 15 is 0 Å². The summed E-state index contributed by atoms with van der Waals surface area (Å²) in [4.78, 5) is 0. The summed E-state index contributed by atoms with van der Waals surface area (Å²) < 4.78 is 11.6. The number of benzene rings is 1. The van der Waals surface area contributed by atoms with Crippen LogP contribution in [0.5, 0.6) is 0 Å². The van der Waals surface area contributed by atoms with Crippen molar-refractivity contribution in [2.45, 2.75) is 38.4 Å². The first-order chi connectivity index (χ1) is 8.67. The highest BCUT2D eigenvalue weighted by atomic mass is 35.5. The Bertz CT molecular complexity index is 381. The van der Waals surface area contributed by atoms with E-state index < -0.39 is 0 Å². The summed E-state index contributed by atoms with van der Waals surface area (Å²) in [6.45, 7) is 4.01. The van der Waals surface area contributed by atoms with Crippen molar-refractivity contribution in [2.75, 3.05) is 13.2 Å². The topological polar surface area (TPSA) is 18.5 Å². The van der Waals surface area contributed by atoms with Gasteiger partial charge >= 0.3 is 0 Å². The van der Waals surface area contributed by atoms with E-state index in [1.807, 2.05) is 18.2 Å². The van der Waals surface area contributed by atoms with Gasteiger partial charge in [0.15, 0.2) is 0 Å². The van der Waals surface area contributed by atoms with Gasteiger partial charge in [0.2, 0.25) is 0 Å². The van der Waals surface area contributed by atoms with Gasteiger partial charge in [-0.1, -0.05) is 36.2 Å². The second-order valence-electron chi connectivity index (χ2n) is 4.68. The molecule has 0 amide bonds. The summed E-state index contributed by atoms with van der Waals surface area (Å²) in [6.07, 6.45) is 3.16. The fourth-order valence-electron chi connectivity index (χ4n) is 2.26. The van der Waals surface area contributed by atoms with Crippen LogP contribution in [0.25, 0.3) is 0 Å². The standard InChI is InChI=1S/C14H18Cl2O2/c1-2-14(7-4-8-18-14)10-17-9-11-12(15)5-3-6-13(11)16/h3,5-6H,2,4,7-10H2,1H3. The maximum Gasteiger partial charge on any atom is 0.0913 e. The van der Waals surface area contributed by atoms with E-state index in [0.29, 0.717) is 23.3 Å². The molecule has 0 N–H and O–H groups in total. The minimum absolute atomic E-state index is 0.103. The van der Waals surface area contributed by atoms with Gasteiger partial charge in [0.05, 0.1) is 18.8 Å². The highest BCUT2D eigenvalue weighted by Gasteiger charge is 2.33. The van der Waals surface area contributed by atoms with E-state index in [1.165, 1.54) is 0 Å². The van der Waals surface area contributed by atoms with Crippen molar-refractivity contribution in [2.24, 2.45) is 0 Å². The average molecular weight is 289 g/mol. The molecule has 0 aliphatic carbocycles. The van der Waals surface area contributed by atoms with Gasteiger partial charge < -0.3 is 9.47 Å². The monoisotopic (exact) mass is 288 g/mol. The summed E-state index contributed by atoms with van der Waals surface area (Å²) in [5, 5.41) is 1.31.